The van der Waals surface area contributed by atoms with Crippen LogP contribution >= 0.6 is 0 Å². The quantitative estimate of drug-likeness (QED) is 0.420. The second-order valence-corrected chi connectivity index (χ2v) is 5.90. The van der Waals surface area contributed by atoms with Gasteiger partial charge in [-0.25, -0.2) is 0 Å². The van der Waals surface area contributed by atoms with Crippen molar-refractivity contribution in [3.05, 3.63) is 90.3 Å². The molecular weight excluding hydrogens is 398 g/mol. The number of benzene rings is 2. The first-order valence-corrected chi connectivity index (χ1v) is 8.60. The van der Waals surface area contributed by atoms with E-state index in [1.807, 2.05) is 30.5 Å². The van der Waals surface area contributed by atoms with Gasteiger partial charge in [-0.2, -0.15) is 5.26 Å². The maximum Gasteiger partial charge on any atom is 2.00 e. The summed E-state index contributed by atoms with van der Waals surface area (Å²) in [5, 5.41) is 23.8. The third kappa shape index (κ3) is 6.92. The largest absolute Gasteiger partial charge is 2.00 e. The van der Waals surface area contributed by atoms with Crippen molar-refractivity contribution in [2.24, 2.45) is 0 Å². The summed E-state index contributed by atoms with van der Waals surface area (Å²) in [5.41, 5.74) is 4.36. The van der Waals surface area contributed by atoms with E-state index in [0.717, 1.165) is 29.3 Å². The van der Waals surface area contributed by atoms with Gasteiger partial charge in [0.2, 0.25) is 0 Å². The van der Waals surface area contributed by atoms with Crippen LogP contribution in [0.15, 0.2) is 54.7 Å². The predicted molar refractivity (Wildman–Crippen MR) is 104 cm³/mol. The molecule has 0 atom stereocenters. The van der Waals surface area contributed by atoms with Crippen molar-refractivity contribution in [3.63, 3.8) is 0 Å². The molecule has 0 fully saturated rings. The Labute approximate surface area is 179 Å². The topological polar surface area (TPSA) is 84.3 Å². The van der Waals surface area contributed by atoms with E-state index in [1.165, 1.54) is 24.0 Å². The maximum absolute atomic E-state index is 9.11. The van der Waals surface area contributed by atoms with E-state index < -0.39 is 0 Å². The van der Waals surface area contributed by atoms with E-state index in [1.54, 1.807) is 0 Å². The summed E-state index contributed by atoms with van der Waals surface area (Å²) >= 11 is 0. The molecule has 0 unspecified atom stereocenters. The van der Waals surface area contributed by atoms with Crippen molar-refractivity contribution >= 4 is 10.8 Å². The molecule has 0 saturated carbocycles. The summed E-state index contributed by atoms with van der Waals surface area (Å²) in [5.74, 6) is 0. The first kappa shape index (κ1) is 24.9. The van der Waals surface area contributed by atoms with Gasteiger partial charge in [-0.15, -0.1) is 0 Å². The molecule has 3 aromatic rings. The zero-order valence-corrected chi connectivity index (χ0v) is 19.0. The fraction of sp³-hybridized carbons (Fsp3) is 0.217. The SMILES string of the molecule is CCCCc1ccc(Cc2nccc3ccc(C#N)cc23)cc1.[C-]#N.[C-]#N.[Zn+2]. The summed E-state index contributed by atoms with van der Waals surface area (Å²) in [6, 6.07) is 18.8. The molecule has 134 valence electrons. The first-order chi connectivity index (χ1) is 13.3. The van der Waals surface area contributed by atoms with Crippen LogP contribution in [0.2, 0.25) is 0 Å². The number of aryl methyl sites for hydroxylation is 1. The van der Waals surface area contributed by atoms with Gasteiger partial charge < -0.3 is 23.7 Å². The van der Waals surface area contributed by atoms with Crippen molar-refractivity contribution in [3.8, 4) is 6.07 Å². The Bertz CT molecular complexity index is 931. The average molecular weight is 418 g/mol. The predicted octanol–water partition coefficient (Wildman–Crippen LogP) is 5.23. The third-order valence-corrected chi connectivity index (χ3v) is 4.19. The van der Waals surface area contributed by atoms with E-state index in [-0.39, 0.29) is 19.5 Å². The molecule has 28 heavy (non-hydrogen) atoms. The van der Waals surface area contributed by atoms with Gasteiger partial charge in [-0.05, 0) is 47.6 Å². The Morgan fingerprint density at radius 3 is 2.18 bits per heavy atom. The Hall–Kier alpha value is -3.06. The van der Waals surface area contributed by atoms with Crippen molar-refractivity contribution in [1.29, 1.82) is 15.8 Å². The van der Waals surface area contributed by atoms with E-state index in [2.05, 4.69) is 42.2 Å². The molecule has 0 aliphatic rings. The fourth-order valence-corrected chi connectivity index (χ4v) is 2.84. The molecule has 0 amide bonds. The minimum Gasteiger partial charge on any atom is -0.512 e. The van der Waals surface area contributed by atoms with Gasteiger partial charge in [0.1, 0.15) is 0 Å². The smallest absolute Gasteiger partial charge is 0.512 e. The van der Waals surface area contributed by atoms with Gasteiger partial charge in [0, 0.05) is 18.0 Å². The zero-order valence-electron chi connectivity index (χ0n) is 16.0. The normalized spacial score (nSPS) is 8.86. The monoisotopic (exact) mass is 416 g/mol. The van der Waals surface area contributed by atoms with Crippen LogP contribution in [-0.4, -0.2) is 4.98 Å². The number of nitrogens with zero attached hydrogens (tertiary/aromatic N) is 4. The van der Waals surface area contributed by atoms with Gasteiger partial charge in [0.05, 0.1) is 17.3 Å². The summed E-state index contributed by atoms with van der Waals surface area (Å²) in [6.45, 7) is 11.7. The van der Waals surface area contributed by atoms with Crippen LogP contribution in [0.5, 0.6) is 0 Å². The minimum absolute atomic E-state index is 0. The number of fused-ring (bicyclic) bond motifs is 1. The zero-order chi connectivity index (χ0) is 20.1. The third-order valence-electron chi connectivity index (χ3n) is 4.19. The molecule has 0 saturated heterocycles. The van der Waals surface area contributed by atoms with E-state index in [4.69, 9.17) is 28.9 Å². The van der Waals surface area contributed by atoms with Crippen LogP contribution in [0.25, 0.3) is 10.8 Å². The Morgan fingerprint density at radius 2 is 1.57 bits per heavy atom. The molecule has 0 N–H and O–H groups in total. The van der Waals surface area contributed by atoms with Gasteiger partial charge in [0.25, 0.3) is 0 Å². The van der Waals surface area contributed by atoms with E-state index >= 15 is 0 Å². The van der Waals surface area contributed by atoms with Crippen LogP contribution in [-0.2, 0) is 32.3 Å². The molecule has 2 aromatic carbocycles. The molecule has 3 rings (SSSR count). The molecule has 0 aliphatic heterocycles. The maximum atomic E-state index is 9.11. The molecule has 4 nitrogen and oxygen atoms in total. The number of rotatable bonds is 5. The standard InChI is InChI=1S/C21H20N2.2CN.Zn/c1-2-3-4-16-5-7-17(8-6-16)14-21-20-13-18(15-22)9-10-19(20)11-12-23-21;2*1-2;/h5-13H,2-4,14H2,1H3;;;/q;2*-1;+2. The average Bonchev–Trinajstić information content (AvgIpc) is 2.76. The molecule has 0 bridgehead atoms. The van der Waals surface area contributed by atoms with Crippen molar-refractivity contribution in [1.82, 2.24) is 4.98 Å². The van der Waals surface area contributed by atoms with Gasteiger partial charge in [-0.1, -0.05) is 43.7 Å². The molecular formula is C23H20N4Zn. The van der Waals surface area contributed by atoms with Crippen LogP contribution in [0.1, 0.15) is 42.1 Å². The second-order valence-electron chi connectivity index (χ2n) is 5.90. The van der Waals surface area contributed by atoms with Crippen molar-refractivity contribution in [2.45, 2.75) is 32.6 Å². The number of unbranched alkanes of at least 4 members (excludes halogenated alkanes) is 1. The summed E-state index contributed by atoms with van der Waals surface area (Å²) in [4.78, 5) is 4.54. The van der Waals surface area contributed by atoms with Crippen LogP contribution < -0.4 is 0 Å². The van der Waals surface area contributed by atoms with Crippen LogP contribution in [0.4, 0.5) is 0 Å². The minimum atomic E-state index is 0. The summed E-state index contributed by atoms with van der Waals surface area (Å²) in [6.07, 6.45) is 6.25. The molecule has 0 radical (unpaired) electrons. The number of pyridine rings is 1. The van der Waals surface area contributed by atoms with Gasteiger partial charge in [0.15, 0.2) is 0 Å². The molecule has 1 aromatic heterocycles. The molecule has 0 spiro atoms. The first-order valence-electron chi connectivity index (χ1n) is 8.60. The summed E-state index contributed by atoms with van der Waals surface area (Å²) in [7, 11) is 0. The molecule has 0 aliphatic carbocycles. The fourth-order valence-electron chi connectivity index (χ4n) is 2.84. The summed E-state index contributed by atoms with van der Waals surface area (Å²) < 4.78 is 0. The van der Waals surface area contributed by atoms with Gasteiger partial charge in [-0.3, -0.25) is 4.98 Å². The Kier molecular flexibility index (Phi) is 12.5. The van der Waals surface area contributed by atoms with Crippen LogP contribution in [0, 0.1) is 35.0 Å². The van der Waals surface area contributed by atoms with Gasteiger partial charge >= 0.3 is 19.5 Å². The second kappa shape index (κ2) is 14.1. The van der Waals surface area contributed by atoms with E-state index in [9.17, 15) is 0 Å². The van der Waals surface area contributed by atoms with Crippen molar-refractivity contribution in [2.75, 3.05) is 0 Å². The number of hydrogen-bond acceptors (Lipinski definition) is 4. The molecule has 5 heteroatoms. The number of hydrogen-bond donors (Lipinski definition) is 0. The van der Waals surface area contributed by atoms with Crippen LogP contribution in [0.3, 0.4) is 0 Å². The Balaban J connectivity index is 0.00000137. The van der Waals surface area contributed by atoms with Crippen molar-refractivity contribution < 1.29 is 19.5 Å². The number of nitriles is 1. The Morgan fingerprint density at radius 1 is 0.929 bits per heavy atom. The molecule has 1 heterocycles. The number of aromatic nitrogens is 1. The van der Waals surface area contributed by atoms with E-state index in [0.29, 0.717) is 5.56 Å².